The summed E-state index contributed by atoms with van der Waals surface area (Å²) in [7, 11) is 0. The molecule has 3 nitrogen and oxygen atoms in total. The van der Waals surface area contributed by atoms with Gasteiger partial charge < -0.3 is 10.1 Å². The maximum absolute atomic E-state index is 12.6. The van der Waals surface area contributed by atoms with E-state index in [0.29, 0.717) is 18.1 Å². The third-order valence-electron chi connectivity index (χ3n) is 3.70. The summed E-state index contributed by atoms with van der Waals surface area (Å²) in [6.07, 6.45) is 2.59. The summed E-state index contributed by atoms with van der Waals surface area (Å²) >= 11 is 0. The molecule has 3 heteroatoms. The van der Waals surface area contributed by atoms with Crippen LogP contribution in [0.4, 0.5) is 0 Å². The van der Waals surface area contributed by atoms with E-state index in [4.69, 9.17) is 4.74 Å². The van der Waals surface area contributed by atoms with Crippen LogP contribution in [0.15, 0.2) is 67.3 Å². The Kier molecular flexibility index (Phi) is 6.62. The maximum atomic E-state index is 12.6. The molecule has 0 saturated heterocycles. The quantitative estimate of drug-likeness (QED) is 0.711. The Hall–Kier alpha value is -2.55. The Labute approximate surface area is 144 Å². The Balaban J connectivity index is 2.08. The SMILES string of the molecule is C=CCOc1ccc(C(=O)N[C@@H](CC(C)C)c2ccccc2)cc1. The third kappa shape index (κ3) is 5.27. The van der Waals surface area contributed by atoms with Gasteiger partial charge in [-0.15, -0.1) is 0 Å². The molecule has 0 radical (unpaired) electrons. The largest absolute Gasteiger partial charge is 0.490 e. The lowest BCUT2D eigenvalue weighted by Gasteiger charge is -2.21. The van der Waals surface area contributed by atoms with E-state index in [1.165, 1.54) is 0 Å². The van der Waals surface area contributed by atoms with Crippen LogP contribution in [-0.4, -0.2) is 12.5 Å². The van der Waals surface area contributed by atoms with E-state index in [2.05, 4.69) is 37.9 Å². The molecule has 1 atom stereocenters. The standard InChI is InChI=1S/C21H25NO2/c1-4-14-24-19-12-10-18(11-13-19)21(23)22-20(15-16(2)3)17-8-6-5-7-9-17/h4-13,16,20H,1,14-15H2,2-3H3,(H,22,23)/t20-/m0/s1. The fourth-order valence-electron chi connectivity index (χ4n) is 2.53. The molecule has 0 aliphatic heterocycles. The van der Waals surface area contributed by atoms with Crippen LogP contribution < -0.4 is 10.1 Å². The summed E-state index contributed by atoms with van der Waals surface area (Å²) in [4.78, 5) is 12.6. The smallest absolute Gasteiger partial charge is 0.251 e. The molecule has 126 valence electrons. The minimum atomic E-state index is -0.0697. The number of nitrogens with one attached hydrogen (secondary N) is 1. The van der Waals surface area contributed by atoms with Gasteiger partial charge in [-0.25, -0.2) is 0 Å². The molecule has 1 amide bonds. The number of benzene rings is 2. The first-order chi connectivity index (χ1) is 11.6. The third-order valence-corrected chi connectivity index (χ3v) is 3.70. The molecule has 0 fully saturated rings. The lowest BCUT2D eigenvalue weighted by molar-refractivity contribution is 0.0932. The van der Waals surface area contributed by atoms with Crippen molar-refractivity contribution in [3.8, 4) is 5.75 Å². The van der Waals surface area contributed by atoms with E-state index in [1.54, 1.807) is 30.3 Å². The molecule has 0 aliphatic carbocycles. The first kappa shape index (κ1) is 17.8. The molecule has 0 aromatic heterocycles. The first-order valence-electron chi connectivity index (χ1n) is 8.29. The topological polar surface area (TPSA) is 38.3 Å². The van der Waals surface area contributed by atoms with Crippen LogP contribution in [-0.2, 0) is 0 Å². The van der Waals surface area contributed by atoms with Crippen molar-refractivity contribution in [2.75, 3.05) is 6.61 Å². The van der Waals surface area contributed by atoms with Crippen molar-refractivity contribution in [2.24, 2.45) is 5.92 Å². The van der Waals surface area contributed by atoms with Crippen molar-refractivity contribution in [3.05, 3.63) is 78.4 Å². The van der Waals surface area contributed by atoms with Gasteiger partial charge in [-0.1, -0.05) is 56.8 Å². The highest BCUT2D eigenvalue weighted by molar-refractivity contribution is 5.94. The van der Waals surface area contributed by atoms with Crippen LogP contribution in [0, 0.1) is 5.92 Å². The maximum Gasteiger partial charge on any atom is 0.251 e. The van der Waals surface area contributed by atoms with Gasteiger partial charge in [0, 0.05) is 5.56 Å². The molecule has 2 aromatic rings. The average Bonchev–Trinajstić information content (AvgIpc) is 2.60. The number of rotatable bonds is 8. The van der Waals surface area contributed by atoms with Crippen LogP contribution in [0.2, 0.25) is 0 Å². The second-order valence-corrected chi connectivity index (χ2v) is 6.19. The predicted octanol–water partition coefficient (Wildman–Crippen LogP) is 4.77. The second-order valence-electron chi connectivity index (χ2n) is 6.19. The normalized spacial score (nSPS) is 11.8. The summed E-state index contributed by atoms with van der Waals surface area (Å²) in [5.74, 6) is 1.15. The zero-order valence-corrected chi connectivity index (χ0v) is 14.4. The summed E-state index contributed by atoms with van der Waals surface area (Å²) in [6.45, 7) is 8.39. The monoisotopic (exact) mass is 323 g/mol. The van der Waals surface area contributed by atoms with E-state index in [-0.39, 0.29) is 11.9 Å². The predicted molar refractivity (Wildman–Crippen MR) is 98.2 cm³/mol. The Morgan fingerprint density at radius 3 is 2.38 bits per heavy atom. The Bertz CT molecular complexity index is 647. The molecule has 0 aliphatic rings. The molecule has 0 saturated carbocycles. The lowest BCUT2D eigenvalue weighted by Crippen LogP contribution is -2.29. The highest BCUT2D eigenvalue weighted by atomic mass is 16.5. The van der Waals surface area contributed by atoms with Crippen molar-refractivity contribution >= 4 is 5.91 Å². The van der Waals surface area contributed by atoms with Gasteiger partial charge in [0.05, 0.1) is 6.04 Å². The van der Waals surface area contributed by atoms with Crippen LogP contribution >= 0.6 is 0 Å². The summed E-state index contributed by atoms with van der Waals surface area (Å²) in [5.41, 5.74) is 1.76. The van der Waals surface area contributed by atoms with E-state index >= 15 is 0 Å². The zero-order valence-electron chi connectivity index (χ0n) is 14.4. The van der Waals surface area contributed by atoms with Crippen molar-refractivity contribution in [2.45, 2.75) is 26.3 Å². The van der Waals surface area contributed by atoms with Crippen LogP contribution in [0.25, 0.3) is 0 Å². The molecule has 2 rings (SSSR count). The van der Waals surface area contributed by atoms with E-state index in [1.807, 2.05) is 18.2 Å². The summed E-state index contributed by atoms with van der Waals surface area (Å²) in [5, 5.41) is 3.15. The van der Waals surface area contributed by atoms with Crippen molar-refractivity contribution in [1.29, 1.82) is 0 Å². The van der Waals surface area contributed by atoms with E-state index < -0.39 is 0 Å². The average molecular weight is 323 g/mol. The van der Waals surface area contributed by atoms with Gasteiger partial charge >= 0.3 is 0 Å². The highest BCUT2D eigenvalue weighted by Crippen LogP contribution is 2.22. The highest BCUT2D eigenvalue weighted by Gasteiger charge is 2.17. The van der Waals surface area contributed by atoms with Gasteiger partial charge in [0.2, 0.25) is 0 Å². The summed E-state index contributed by atoms with van der Waals surface area (Å²) < 4.78 is 5.44. The molecule has 1 N–H and O–H groups in total. The fourth-order valence-corrected chi connectivity index (χ4v) is 2.53. The van der Waals surface area contributed by atoms with Gasteiger partial charge in [-0.2, -0.15) is 0 Å². The van der Waals surface area contributed by atoms with E-state index in [0.717, 1.165) is 17.7 Å². The Morgan fingerprint density at radius 2 is 1.79 bits per heavy atom. The van der Waals surface area contributed by atoms with Crippen molar-refractivity contribution < 1.29 is 9.53 Å². The van der Waals surface area contributed by atoms with Gasteiger partial charge in [-0.05, 0) is 42.2 Å². The summed E-state index contributed by atoms with van der Waals surface area (Å²) in [6, 6.07) is 17.3. The zero-order chi connectivity index (χ0) is 17.4. The molecule has 2 aromatic carbocycles. The van der Waals surface area contributed by atoms with Gasteiger partial charge in [0.25, 0.3) is 5.91 Å². The van der Waals surface area contributed by atoms with Crippen LogP contribution in [0.3, 0.4) is 0 Å². The lowest BCUT2D eigenvalue weighted by atomic mass is 9.96. The van der Waals surface area contributed by atoms with Gasteiger partial charge in [0.1, 0.15) is 12.4 Å². The Morgan fingerprint density at radius 1 is 1.12 bits per heavy atom. The molecule has 0 heterocycles. The number of hydrogen-bond acceptors (Lipinski definition) is 2. The minimum absolute atomic E-state index is 0.00962. The molecule has 0 unspecified atom stereocenters. The van der Waals surface area contributed by atoms with Gasteiger partial charge in [-0.3, -0.25) is 4.79 Å². The molecular formula is C21H25NO2. The van der Waals surface area contributed by atoms with Gasteiger partial charge in [0.15, 0.2) is 0 Å². The number of ether oxygens (including phenoxy) is 1. The molecule has 0 spiro atoms. The molecular weight excluding hydrogens is 298 g/mol. The van der Waals surface area contributed by atoms with Crippen molar-refractivity contribution in [3.63, 3.8) is 0 Å². The molecule has 0 bridgehead atoms. The molecule has 24 heavy (non-hydrogen) atoms. The van der Waals surface area contributed by atoms with Crippen LogP contribution in [0.5, 0.6) is 5.75 Å². The van der Waals surface area contributed by atoms with E-state index in [9.17, 15) is 4.79 Å². The fraction of sp³-hybridized carbons (Fsp3) is 0.286. The minimum Gasteiger partial charge on any atom is -0.490 e. The number of hydrogen-bond donors (Lipinski definition) is 1. The van der Waals surface area contributed by atoms with Crippen molar-refractivity contribution in [1.82, 2.24) is 5.32 Å². The number of carbonyl (C=O) groups excluding carboxylic acids is 1. The van der Waals surface area contributed by atoms with Crippen LogP contribution in [0.1, 0.15) is 42.2 Å². The number of amides is 1. The first-order valence-corrected chi connectivity index (χ1v) is 8.29. The number of carbonyl (C=O) groups is 1. The second kappa shape index (κ2) is 8.92.